The van der Waals surface area contributed by atoms with Crippen molar-refractivity contribution in [1.82, 2.24) is 0 Å². The number of allylic oxidation sites excluding steroid dienone is 2. The molecule has 0 amide bonds. The molecule has 0 aromatic heterocycles. The average Bonchev–Trinajstić information content (AvgIpc) is 2.19. The van der Waals surface area contributed by atoms with Crippen LogP contribution in [0.1, 0.15) is 32.1 Å². The first-order valence-corrected chi connectivity index (χ1v) is 4.79. The van der Waals surface area contributed by atoms with Crippen LogP contribution in [0.4, 0.5) is 0 Å². The molecule has 1 unspecified atom stereocenters. The van der Waals surface area contributed by atoms with E-state index in [1.54, 1.807) is 0 Å². The minimum atomic E-state index is -1.19. The predicted molar refractivity (Wildman–Crippen MR) is 49.8 cm³/mol. The number of hydrogen-bond donors (Lipinski definition) is 1. The number of hydrogen-bond acceptors (Lipinski definition) is 2. The molecular weight excluding hydrogens is 162 g/mol. The van der Waals surface area contributed by atoms with Crippen molar-refractivity contribution in [3.8, 4) is 6.07 Å². The second-order valence-corrected chi connectivity index (χ2v) is 3.79. The zero-order valence-electron chi connectivity index (χ0n) is 7.58. The lowest BCUT2D eigenvalue weighted by Crippen LogP contribution is -2.32. The van der Waals surface area contributed by atoms with Gasteiger partial charge in [-0.1, -0.05) is 12.2 Å². The molecular formula is C11H13NO. The summed E-state index contributed by atoms with van der Waals surface area (Å²) < 4.78 is 0. The van der Waals surface area contributed by atoms with Gasteiger partial charge in [0.1, 0.15) is 6.07 Å². The predicted octanol–water partition coefficient (Wildman–Crippen LogP) is 2.07. The maximum Gasteiger partial charge on any atom is 0.176 e. The lowest BCUT2D eigenvalue weighted by Gasteiger charge is -2.31. The van der Waals surface area contributed by atoms with E-state index in [0.717, 1.165) is 24.8 Å². The Morgan fingerprint density at radius 3 is 2.92 bits per heavy atom. The quantitative estimate of drug-likeness (QED) is 0.573. The van der Waals surface area contributed by atoms with Crippen molar-refractivity contribution in [2.45, 2.75) is 37.7 Å². The molecule has 2 nitrogen and oxygen atoms in total. The molecule has 13 heavy (non-hydrogen) atoms. The van der Waals surface area contributed by atoms with Crippen molar-refractivity contribution in [1.29, 1.82) is 5.26 Å². The molecule has 2 rings (SSSR count). The monoisotopic (exact) mass is 175 g/mol. The van der Waals surface area contributed by atoms with Gasteiger partial charge in [0.15, 0.2) is 5.60 Å². The van der Waals surface area contributed by atoms with Crippen molar-refractivity contribution in [3.63, 3.8) is 0 Å². The molecule has 0 aromatic rings. The number of rotatable bonds is 0. The third-order valence-corrected chi connectivity index (χ3v) is 2.93. The van der Waals surface area contributed by atoms with E-state index in [2.05, 4.69) is 6.08 Å². The van der Waals surface area contributed by atoms with E-state index in [1.807, 2.05) is 12.1 Å². The van der Waals surface area contributed by atoms with Gasteiger partial charge in [-0.15, -0.1) is 0 Å². The van der Waals surface area contributed by atoms with Gasteiger partial charge >= 0.3 is 0 Å². The summed E-state index contributed by atoms with van der Waals surface area (Å²) in [4.78, 5) is 0. The maximum absolute atomic E-state index is 10.0. The third-order valence-electron chi connectivity index (χ3n) is 2.93. The summed E-state index contributed by atoms with van der Waals surface area (Å²) in [7, 11) is 0. The fraction of sp³-hybridized carbons (Fsp3) is 0.545. The Morgan fingerprint density at radius 1 is 1.38 bits per heavy atom. The highest BCUT2D eigenvalue weighted by Gasteiger charge is 2.35. The molecule has 2 heteroatoms. The fourth-order valence-electron chi connectivity index (χ4n) is 2.19. The summed E-state index contributed by atoms with van der Waals surface area (Å²) in [5, 5.41) is 18.9. The van der Waals surface area contributed by atoms with Crippen LogP contribution in [0.15, 0.2) is 23.3 Å². The Kier molecular flexibility index (Phi) is 1.97. The first kappa shape index (κ1) is 8.52. The van der Waals surface area contributed by atoms with Crippen molar-refractivity contribution in [2.24, 2.45) is 0 Å². The van der Waals surface area contributed by atoms with Gasteiger partial charge < -0.3 is 5.11 Å². The second-order valence-electron chi connectivity index (χ2n) is 3.79. The van der Waals surface area contributed by atoms with Gasteiger partial charge in [0, 0.05) is 6.42 Å². The molecule has 0 saturated heterocycles. The third kappa shape index (κ3) is 1.30. The van der Waals surface area contributed by atoms with Gasteiger partial charge in [0.2, 0.25) is 0 Å². The van der Waals surface area contributed by atoms with Gasteiger partial charge in [0.05, 0.1) is 0 Å². The largest absolute Gasteiger partial charge is 0.371 e. The summed E-state index contributed by atoms with van der Waals surface area (Å²) in [6.45, 7) is 0. The van der Waals surface area contributed by atoms with Gasteiger partial charge in [-0.2, -0.15) is 5.26 Å². The molecule has 1 N–H and O–H groups in total. The molecule has 2 aliphatic carbocycles. The first-order chi connectivity index (χ1) is 6.26. The van der Waals surface area contributed by atoms with Crippen molar-refractivity contribution < 1.29 is 5.11 Å². The van der Waals surface area contributed by atoms with Gasteiger partial charge in [-0.05, 0) is 36.8 Å². The van der Waals surface area contributed by atoms with Crippen LogP contribution >= 0.6 is 0 Å². The standard InChI is InChI=1S/C11H13NO/c12-8-11(13)7-3-5-9-4-1-2-6-10(9)11/h3,5,13H,1-2,4,6-7H2. The minimum Gasteiger partial charge on any atom is -0.371 e. The SMILES string of the molecule is N#CC1(O)CC=CC2=C1CCCC2. The van der Waals surface area contributed by atoms with E-state index in [9.17, 15) is 5.11 Å². The first-order valence-electron chi connectivity index (χ1n) is 4.79. The highest BCUT2D eigenvalue weighted by Crippen LogP contribution is 2.37. The molecule has 1 atom stereocenters. The van der Waals surface area contributed by atoms with Crippen molar-refractivity contribution in [3.05, 3.63) is 23.3 Å². The topological polar surface area (TPSA) is 44.0 Å². The zero-order chi connectivity index (χ0) is 9.31. The second kappa shape index (κ2) is 3.01. The van der Waals surface area contributed by atoms with E-state index in [0.29, 0.717) is 6.42 Å². The smallest absolute Gasteiger partial charge is 0.176 e. The van der Waals surface area contributed by atoms with Crippen LogP contribution in [0.25, 0.3) is 0 Å². The van der Waals surface area contributed by atoms with E-state index in [4.69, 9.17) is 5.26 Å². The molecule has 0 bridgehead atoms. The van der Waals surface area contributed by atoms with E-state index in [-0.39, 0.29) is 0 Å². The number of nitrogens with zero attached hydrogens (tertiary/aromatic N) is 1. The Balaban J connectivity index is 2.42. The molecule has 0 spiro atoms. The minimum absolute atomic E-state index is 0.461. The zero-order valence-corrected chi connectivity index (χ0v) is 7.58. The highest BCUT2D eigenvalue weighted by atomic mass is 16.3. The molecule has 0 aromatic carbocycles. The fourth-order valence-corrected chi connectivity index (χ4v) is 2.19. The molecule has 2 aliphatic rings. The Hall–Kier alpha value is -1.07. The van der Waals surface area contributed by atoms with E-state index < -0.39 is 5.60 Å². The molecule has 0 aliphatic heterocycles. The summed E-state index contributed by atoms with van der Waals surface area (Å²) in [6.07, 6.45) is 8.65. The number of nitriles is 1. The Bertz CT molecular complexity index is 321. The number of aliphatic hydroxyl groups is 1. The highest BCUT2D eigenvalue weighted by molar-refractivity contribution is 5.42. The molecule has 0 heterocycles. The van der Waals surface area contributed by atoms with Crippen LogP contribution in [0.2, 0.25) is 0 Å². The Labute approximate surface area is 78.2 Å². The normalized spacial score (nSPS) is 32.6. The van der Waals surface area contributed by atoms with Gasteiger partial charge in [0.25, 0.3) is 0 Å². The summed E-state index contributed by atoms with van der Waals surface area (Å²) in [5.74, 6) is 0. The lowest BCUT2D eigenvalue weighted by atomic mass is 9.77. The molecule has 68 valence electrons. The van der Waals surface area contributed by atoms with Crippen LogP contribution in [0.5, 0.6) is 0 Å². The Morgan fingerprint density at radius 2 is 2.15 bits per heavy atom. The van der Waals surface area contributed by atoms with Crippen LogP contribution in [-0.4, -0.2) is 10.7 Å². The lowest BCUT2D eigenvalue weighted by molar-refractivity contribution is 0.131. The maximum atomic E-state index is 10.0. The summed E-state index contributed by atoms with van der Waals surface area (Å²) in [5.41, 5.74) is 0.982. The van der Waals surface area contributed by atoms with Crippen molar-refractivity contribution >= 4 is 0 Å². The van der Waals surface area contributed by atoms with Gasteiger partial charge in [-0.25, -0.2) is 0 Å². The summed E-state index contributed by atoms with van der Waals surface area (Å²) >= 11 is 0. The molecule has 0 saturated carbocycles. The molecule has 0 radical (unpaired) electrons. The summed E-state index contributed by atoms with van der Waals surface area (Å²) in [6, 6.07) is 2.03. The van der Waals surface area contributed by atoms with Crippen LogP contribution in [-0.2, 0) is 0 Å². The van der Waals surface area contributed by atoms with E-state index >= 15 is 0 Å². The van der Waals surface area contributed by atoms with Crippen molar-refractivity contribution in [2.75, 3.05) is 0 Å². The van der Waals surface area contributed by atoms with E-state index in [1.165, 1.54) is 12.0 Å². The van der Waals surface area contributed by atoms with Gasteiger partial charge in [-0.3, -0.25) is 0 Å². The van der Waals surface area contributed by atoms with Crippen LogP contribution in [0.3, 0.4) is 0 Å². The van der Waals surface area contributed by atoms with Crippen LogP contribution in [0, 0.1) is 11.3 Å². The average molecular weight is 175 g/mol. The molecule has 0 fully saturated rings. The van der Waals surface area contributed by atoms with Crippen LogP contribution < -0.4 is 0 Å².